The number of pyridine rings is 1. The van der Waals surface area contributed by atoms with Crippen LogP contribution in [-0.4, -0.2) is 25.7 Å². The fourth-order valence-corrected chi connectivity index (χ4v) is 3.89. The van der Waals surface area contributed by atoms with Crippen LogP contribution in [-0.2, 0) is 11.3 Å². The minimum Gasteiger partial charge on any atom is -0.346 e. The lowest BCUT2D eigenvalue weighted by Crippen LogP contribution is -2.20. The summed E-state index contributed by atoms with van der Waals surface area (Å²) in [5.41, 5.74) is 5.72. The molecule has 3 aromatic heterocycles. The molecule has 0 aliphatic carbocycles. The van der Waals surface area contributed by atoms with Crippen LogP contribution in [0.25, 0.3) is 23.0 Å². The Balaban J connectivity index is 1.40. The van der Waals surface area contributed by atoms with Crippen molar-refractivity contribution in [2.75, 3.05) is 0 Å². The van der Waals surface area contributed by atoms with Gasteiger partial charge in [0, 0.05) is 40.7 Å². The normalized spacial score (nSPS) is 11.1. The van der Waals surface area contributed by atoms with Crippen LogP contribution in [0.1, 0.15) is 22.0 Å². The third kappa shape index (κ3) is 4.36. The van der Waals surface area contributed by atoms with Crippen LogP contribution in [0, 0.1) is 13.8 Å². The SMILES string of the molecule is Cc1nn(-c2ccccc2)c(C)c1/C=C/C(=O)NCc1nc(-c2ccncc2)cs1. The van der Waals surface area contributed by atoms with E-state index in [1.165, 1.54) is 11.3 Å². The maximum absolute atomic E-state index is 12.3. The smallest absolute Gasteiger partial charge is 0.244 e. The van der Waals surface area contributed by atoms with Gasteiger partial charge >= 0.3 is 0 Å². The fourth-order valence-electron chi connectivity index (χ4n) is 3.14. The first kappa shape index (κ1) is 19.7. The second-order valence-electron chi connectivity index (χ2n) is 6.75. The van der Waals surface area contributed by atoms with E-state index in [2.05, 4.69) is 20.4 Å². The lowest BCUT2D eigenvalue weighted by Gasteiger charge is -2.03. The molecule has 1 N–H and O–H groups in total. The predicted molar refractivity (Wildman–Crippen MR) is 119 cm³/mol. The van der Waals surface area contributed by atoms with E-state index in [0.29, 0.717) is 6.54 Å². The summed E-state index contributed by atoms with van der Waals surface area (Å²) < 4.78 is 1.89. The lowest BCUT2D eigenvalue weighted by atomic mass is 10.2. The average molecular weight is 416 g/mol. The van der Waals surface area contributed by atoms with E-state index in [0.717, 1.165) is 38.9 Å². The molecule has 4 rings (SSSR count). The number of hydrogen-bond acceptors (Lipinski definition) is 5. The van der Waals surface area contributed by atoms with Crippen LogP contribution in [0.5, 0.6) is 0 Å². The minimum atomic E-state index is -0.165. The predicted octanol–water partition coefficient (Wildman–Crippen LogP) is 4.34. The van der Waals surface area contributed by atoms with Gasteiger partial charge in [-0.3, -0.25) is 9.78 Å². The molecule has 6 nitrogen and oxygen atoms in total. The van der Waals surface area contributed by atoms with Crippen molar-refractivity contribution in [3.63, 3.8) is 0 Å². The Labute approximate surface area is 179 Å². The molecule has 7 heteroatoms. The number of rotatable bonds is 6. The van der Waals surface area contributed by atoms with Crippen LogP contribution in [0.2, 0.25) is 0 Å². The van der Waals surface area contributed by atoms with Crippen LogP contribution >= 0.6 is 11.3 Å². The number of nitrogens with zero attached hydrogens (tertiary/aromatic N) is 4. The van der Waals surface area contributed by atoms with E-state index in [9.17, 15) is 4.79 Å². The van der Waals surface area contributed by atoms with Crippen molar-refractivity contribution >= 4 is 23.3 Å². The first-order chi connectivity index (χ1) is 14.6. The summed E-state index contributed by atoms with van der Waals surface area (Å²) in [6.07, 6.45) is 6.84. The van der Waals surface area contributed by atoms with Crippen molar-refractivity contribution in [3.05, 3.63) is 88.3 Å². The first-order valence-electron chi connectivity index (χ1n) is 9.54. The molecule has 1 amide bonds. The molecule has 4 aromatic rings. The highest BCUT2D eigenvalue weighted by Gasteiger charge is 2.11. The zero-order valence-corrected chi connectivity index (χ0v) is 17.6. The number of benzene rings is 1. The monoisotopic (exact) mass is 415 g/mol. The maximum atomic E-state index is 12.3. The number of aromatic nitrogens is 4. The van der Waals surface area contributed by atoms with Crippen molar-refractivity contribution in [2.24, 2.45) is 0 Å². The Hall–Kier alpha value is -3.58. The summed E-state index contributed by atoms with van der Waals surface area (Å²) in [5.74, 6) is -0.165. The van der Waals surface area contributed by atoms with Gasteiger partial charge in [0.2, 0.25) is 5.91 Å². The van der Waals surface area contributed by atoms with E-state index in [1.54, 1.807) is 18.5 Å². The molecular formula is C23H21N5OS. The number of thiazole rings is 1. The second-order valence-corrected chi connectivity index (χ2v) is 7.69. The Morgan fingerprint density at radius 2 is 1.90 bits per heavy atom. The zero-order valence-electron chi connectivity index (χ0n) is 16.7. The summed E-state index contributed by atoms with van der Waals surface area (Å²) in [6.45, 7) is 4.33. The van der Waals surface area contributed by atoms with Gasteiger partial charge in [0.05, 0.1) is 23.6 Å². The summed E-state index contributed by atoms with van der Waals surface area (Å²) in [7, 11) is 0. The molecule has 0 saturated carbocycles. The van der Waals surface area contributed by atoms with Crippen LogP contribution in [0.4, 0.5) is 0 Å². The molecule has 0 fully saturated rings. The van der Waals surface area contributed by atoms with Gasteiger partial charge < -0.3 is 5.32 Å². The highest BCUT2D eigenvalue weighted by Crippen LogP contribution is 2.21. The standard InChI is InChI=1S/C23H21N5OS/c1-16-20(17(2)28(27-16)19-6-4-3-5-7-19)8-9-22(29)25-14-23-26-21(15-30-23)18-10-12-24-13-11-18/h3-13,15H,14H2,1-2H3,(H,25,29)/b9-8+. The molecule has 0 radical (unpaired) electrons. The number of para-hydroxylation sites is 1. The Kier molecular flexibility index (Phi) is 5.81. The van der Waals surface area contributed by atoms with Crippen molar-refractivity contribution < 1.29 is 4.79 Å². The van der Waals surface area contributed by atoms with Gasteiger partial charge in [-0.05, 0) is 44.2 Å². The molecule has 0 unspecified atom stereocenters. The van der Waals surface area contributed by atoms with E-state index in [4.69, 9.17) is 0 Å². The minimum absolute atomic E-state index is 0.165. The van der Waals surface area contributed by atoms with Crippen molar-refractivity contribution in [1.29, 1.82) is 0 Å². The molecule has 0 spiro atoms. The fraction of sp³-hybridized carbons (Fsp3) is 0.130. The van der Waals surface area contributed by atoms with Crippen LogP contribution in [0.3, 0.4) is 0 Å². The Morgan fingerprint density at radius 1 is 1.13 bits per heavy atom. The van der Waals surface area contributed by atoms with Crippen LogP contribution in [0.15, 0.2) is 66.3 Å². The number of carbonyl (C=O) groups is 1. The Bertz CT molecular complexity index is 1180. The number of amides is 1. The molecule has 0 aliphatic heterocycles. The van der Waals surface area contributed by atoms with E-state index in [1.807, 2.05) is 72.4 Å². The third-order valence-corrected chi connectivity index (χ3v) is 5.54. The number of aryl methyl sites for hydroxylation is 1. The van der Waals surface area contributed by atoms with Gasteiger partial charge in [-0.2, -0.15) is 5.10 Å². The first-order valence-corrected chi connectivity index (χ1v) is 10.4. The van der Waals surface area contributed by atoms with E-state index < -0.39 is 0 Å². The highest BCUT2D eigenvalue weighted by atomic mass is 32.1. The number of hydrogen-bond donors (Lipinski definition) is 1. The largest absolute Gasteiger partial charge is 0.346 e. The second kappa shape index (κ2) is 8.84. The quantitative estimate of drug-likeness (QED) is 0.476. The number of nitrogens with one attached hydrogen (secondary N) is 1. The zero-order chi connectivity index (χ0) is 20.9. The molecule has 3 heterocycles. The van der Waals surface area contributed by atoms with Gasteiger partial charge in [0.15, 0.2) is 0 Å². The van der Waals surface area contributed by atoms with E-state index in [-0.39, 0.29) is 5.91 Å². The van der Waals surface area contributed by atoms with Gasteiger partial charge in [-0.1, -0.05) is 18.2 Å². The summed E-state index contributed by atoms with van der Waals surface area (Å²) >= 11 is 1.52. The third-order valence-electron chi connectivity index (χ3n) is 4.69. The number of carbonyl (C=O) groups excluding carboxylic acids is 1. The van der Waals surface area contributed by atoms with Crippen molar-refractivity contribution in [3.8, 4) is 16.9 Å². The summed E-state index contributed by atoms with van der Waals surface area (Å²) in [4.78, 5) is 20.9. The van der Waals surface area contributed by atoms with Gasteiger partial charge in [0.25, 0.3) is 0 Å². The molecule has 0 saturated heterocycles. The van der Waals surface area contributed by atoms with E-state index >= 15 is 0 Å². The van der Waals surface area contributed by atoms with Crippen molar-refractivity contribution in [1.82, 2.24) is 25.1 Å². The van der Waals surface area contributed by atoms with Gasteiger partial charge in [0.1, 0.15) is 5.01 Å². The lowest BCUT2D eigenvalue weighted by molar-refractivity contribution is -0.116. The maximum Gasteiger partial charge on any atom is 0.244 e. The molecule has 30 heavy (non-hydrogen) atoms. The van der Waals surface area contributed by atoms with Gasteiger partial charge in [-0.25, -0.2) is 9.67 Å². The summed E-state index contributed by atoms with van der Waals surface area (Å²) in [5, 5.41) is 10.3. The molecule has 150 valence electrons. The Morgan fingerprint density at radius 3 is 2.67 bits per heavy atom. The molecule has 0 aliphatic rings. The van der Waals surface area contributed by atoms with Gasteiger partial charge in [-0.15, -0.1) is 11.3 Å². The molecule has 0 atom stereocenters. The highest BCUT2D eigenvalue weighted by molar-refractivity contribution is 7.09. The topological polar surface area (TPSA) is 72.7 Å². The summed E-state index contributed by atoms with van der Waals surface area (Å²) in [6, 6.07) is 13.8. The van der Waals surface area contributed by atoms with Crippen LogP contribution < -0.4 is 5.32 Å². The molecular weight excluding hydrogens is 394 g/mol. The average Bonchev–Trinajstić information content (AvgIpc) is 3.37. The molecule has 1 aromatic carbocycles. The molecule has 0 bridgehead atoms. The van der Waals surface area contributed by atoms with Crippen molar-refractivity contribution in [2.45, 2.75) is 20.4 Å².